The molecule has 6 heteroatoms. The van der Waals surface area contributed by atoms with E-state index in [0.717, 1.165) is 0 Å². The molecule has 0 aromatic carbocycles. The Morgan fingerprint density at radius 3 is 1.50 bits per heavy atom. The maximum absolute atomic E-state index is 10.9. The highest BCUT2D eigenvalue weighted by Crippen LogP contribution is 2.31. The average Bonchev–Trinajstić information content (AvgIpc) is 2.40. The van der Waals surface area contributed by atoms with Crippen LogP contribution in [0.3, 0.4) is 0 Å². The molecule has 0 fully saturated rings. The highest BCUT2D eigenvalue weighted by Gasteiger charge is 2.29. The highest BCUT2D eigenvalue weighted by atomic mass is 16.4. The number of carbonyl (C=O) groups is 2. The summed E-state index contributed by atoms with van der Waals surface area (Å²) in [5, 5.41) is 17.7. The van der Waals surface area contributed by atoms with E-state index in [2.05, 4.69) is 39.5 Å². The highest BCUT2D eigenvalue weighted by molar-refractivity contribution is 5.93. The first-order valence-electron chi connectivity index (χ1n) is 6.01. The number of rotatable bonds is 9. The van der Waals surface area contributed by atoms with Crippen molar-refractivity contribution in [2.45, 2.75) is 12.1 Å². The van der Waals surface area contributed by atoms with Gasteiger partial charge < -0.3 is 21.7 Å². The van der Waals surface area contributed by atoms with Gasteiger partial charge in [-0.05, 0) is 27.9 Å². The van der Waals surface area contributed by atoms with Crippen molar-refractivity contribution in [3.63, 3.8) is 0 Å². The third-order valence-corrected chi connectivity index (χ3v) is 3.09. The summed E-state index contributed by atoms with van der Waals surface area (Å²) >= 11 is 0. The van der Waals surface area contributed by atoms with Gasteiger partial charge in [0.25, 0.3) is 0 Å². The van der Waals surface area contributed by atoms with Gasteiger partial charge in [-0.25, -0.2) is 4.79 Å². The van der Waals surface area contributed by atoms with Gasteiger partial charge in [0.2, 0.25) is 0 Å². The third kappa shape index (κ3) is 4.41. The van der Waals surface area contributed by atoms with Crippen molar-refractivity contribution in [1.82, 2.24) is 0 Å². The van der Waals surface area contributed by atoms with Gasteiger partial charge in [-0.15, -0.1) is 0 Å². The van der Waals surface area contributed by atoms with Crippen LogP contribution in [0.2, 0.25) is 0 Å². The number of hydrogen-bond acceptors (Lipinski definition) is 4. The molecule has 0 unspecified atom stereocenters. The first-order chi connectivity index (χ1) is 9.82. The molecule has 6 nitrogen and oxygen atoms in total. The Balaban J connectivity index is 5.27. The van der Waals surface area contributed by atoms with Crippen LogP contribution >= 0.6 is 0 Å². The zero-order chi connectivity index (χ0) is 17.8. The van der Waals surface area contributed by atoms with Crippen molar-refractivity contribution in [3.8, 4) is 0 Å². The van der Waals surface area contributed by atoms with Crippen molar-refractivity contribution >= 4 is 11.9 Å². The minimum Gasteiger partial charge on any atom is -0.481 e. The van der Waals surface area contributed by atoms with Gasteiger partial charge in [0.05, 0.1) is 12.0 Å². The minimum atomic E-state index is -1.72. The van der Waals surface area contributed by atoms with Crippen LogP contribution in [0.15, 0.2) is 72.9 Å². The lowest BCUT2D eigenvalue weighted by molar-refractivity contribution is -0.138. The summed E-state index contributed by atoms with van der Waals surface area (Å²) in [6.07, 6.45) is -0.562. The number of nitrogens with two attached hydrogens (primary N) is 2. The molecule has 0 rings (SSSR count). The summed E-state index contributed by atoms with van der Waals surface area (Å²) < 4.78 is 0. The maximum Gasteiger partial charge on any atom is 0.335 e. The number of carboxylic acid groups (broad SMARTS) is 2. The number of allylic oxidation sites excluding steroid dienone is 2. The number of hydrogen-bond donors (Lipinski definition) is 4. The molecule has 0 radical (unpaired) electrons. The molecule has 0 aliphatic heterocycles. The fraction of sp³-hybridized carbons (Fsp3) is 0.125. The largest absolute Gasteiger partial charge is 0.481 e. The van der Waals surface area contributed by atoms with Crippen LogP contribution in [0.1, 0.15) is 6.42 Å². The quantitative estimate of drug-likeness (QED) is 0.290. The van der Waals surface area contributed by atoms with Gasteiger partial charge in [0.15, 0.2) is 0 Å². The molecule has 0 bridgehead atoms. The Hall–Kier alpha value is -2.70. The standard InChI is InChI=1S/C16H20N2O4/c1-8(10(3)12(5)15(21)22)9(2)11(4)13(6)16(17,18)7-14(19)20/h1-7,17-18H2,(H,19,20)(H,21,22). The molecule has 0 aliphatic carbocycles. The third-order valence-electron chi connectivity index (χ3n) is 3.09. The first kappa shape index (κ1) is 19.3. The van der Waals surface area contributed by atoms with E-state index < -0.39 is 24.0 Å². The second-order valence-electron chi connectivity index (χ2n) is 4.79. The van der Waals surface area contributed by atoms with Crippen LogP contribution in [-0.4, -0.2) is 27.8 Å². The van der Waals surface area contributed by atoms with Gasteiger partial charge >= 0.3 is 11.9 Å². The molecule has 0 spiro atoms. The van der Waals surface area contributed by atoms with Crippen molar-refractivity contribution in [2.24, 2.45) is 11.5 Å². The molecule has 0 atom stereocenters. The molecule has 0 aromatic rings. The predicted octanol–water partition coefficient (Wildman–Crippen LogP) is 1.50. The summed E-state index contributed by atoms with van der Waals surface area (Å²) in [6.45, 7) is 21.7. The molecule has 0 amide bonds. The number of aliphatic carboxylic acids is 2. The van der Waals surface area contributed by atoms with Gasteiger partial charge in [-0.2, -0.15) is 0 Å². The van der Waals surface area contributed by atoms with Crippen molar-refractivity contribution < 1.29 is 19.8 Å². The second-order valence-corrected chi connectivity index (χ2v) is 4.79. The van der Waals surface area contributed by atoms with Crippen LogP contribution in [0.25, 0.3) is 0 Å². The van der Waals surface area contributed by atoms with E-state index in [0.29, 0.717) is 0 Å². The lowest BCUT2D eigenvalue weighted by atomic mass is 9.84. The van der Waals surface area contributed by atoms with Crippen molar-refractivity contribution in [1.29, 1.82) is 0 Å². The minimum absolute atomic E-state index is 0.0507. The molecular formula is C16H20N2O4. The van der Waals surface area contributed by atoms with Gasteiger partial charge in [-0.1, -0.05) is 39.5 Å². The SMILES string of the molecule is C=C(C(=C)C(=C)C(=C)C(N)(N)CC(=O)O)C(=C)C(=C)C(=O)O. The number of carboxylic acids is 2. The Bertz CT molecular complexity index is 624. The van der Waals surface area contributed by atoms with Gasteiger partial charge in [-0.3, -0.25) is 4.79 Å². The van der Waals surface area contributed by atoms with Crippen LogP contribution in [-0.2, 0) is 9.59 Å². The smallest absolute Gasteiger partial charge is 0.335 e. The summed E-state index contributed by atoms with van der Waals surface area (Å²) in [6, 6.07) is 0. The maximum atomic E-state index is 10.9. The fourth-order valence-electron chi connectivity index (χ4n) is 1.50. The van der Waals surface area contributed by atoms with Crippen LogP contribution in [0.4, 0.5) is 0 Å². The van der Waals surface area contributed by atoms with Gasteiger partial charge in [0, 0.05) is 0 Å². The fourth-order valence-corrected chi connectivity index (χ4v) is 1.50. The molecule has 118 valence electrons. The molecule has 6 N–H and O–H groups in total. The predicted molar refractivity (Wildman–Crippen MR) is 85.8 cm³/mol. The monoisotopic (exact) mass is 304 g/mol. The van der Waals surface area contributed by atoms with Crippen LogP contribution < -0.4 is 11.5 Å². The average molecular weight is 304 g/mol. The van der Waals surface area contributed by atoms with E-state index in [4.69, 9.17) is 21.7 Å². The van der Waals surface area contributed by atoms with E-state index in [1.165, 1.54) is 0 Å². The topological polar surface area (TPSA) is 127 Å². The molecule has 22 heavy (non-hydrogen) atoms. The Morgan fingerprint density at radius 1 is 0.773 bits per heavy atom. The van der Waals surface area contributed by atoms with E-state index in [1.807, 2.05) is 0 Å². The molecule has 0 aliphatic rings. The van der Waals surface area contributed by atoms with E-state index in [1.54, 1.807) is 0 Å². The molecule has 0 saturated carbocycles. The zero-order valence-electron chi connectivity index (χ0n) is 12.3. The lowest BCUT2D eigenvalue weighted by Gasteiger charge is -2.28. The molecule has 0 heterocycles. The summed E-state index contributed by atoms with van der Waals surface area (Å²) in [7, 11) is 0. The Kier molecular flexibility index (Phi) is 6.00. The van der Waals surface area contributed by atoms with E-state index in [9.17, 15) is 9.59 Å². The van der Waals surface area contributed by atoms with Gasteiger partial charge in [0.1, 0.15) is 5.66 Å². The first-order valence-corrected chi connectivity index (χ1v) is 6.01. The molecular weight excluding hydrogens is 284 g/mol. The van der Waals surface area contributed by atoms with Crippen LogP contribution in [0, 0.1) is 0 Å². The zero-order valence-corrected chi connectivity index (χ0v) is 12.3. The lowest BCUT2D eigenvalue weighted by Crippen LogP contribution is -2.52. The summed E-state index contributed by atoms with van der Waals surface area (Å²) in [5.74, 6) is -2.45. The van der Waals surface area contributed by atoms with E-state index in [-0.39, 0.29) is 33.4 Å². The normalized spacial score (nSPS) is 10.5. The Morgan fingerprint density at radius 2 is 1.14 bits per heavy atom. The summed E-state index contributed by atoms with van der Waals surface area (Å²) in [5.41, 5.74) is 10.1. The Labute approximate surface area is 129 Å². The van der Waals surface area contributed by atoms with Crippen molar-refractivity contribution in [3.05, 3.63) is 72.9 Å². The van der Waals surface area contributed by atoms with Crippen molar-refractivity contribution in [2.75, 3.05) is 0 Å². The summed E-state index contributed by atoms with van der Waals surface area (Å²) in [4.78, 5) is 21.6. The second kappa shape index (κ2) is 6.84. The molecule has 0 aromatic heterocycles. The van der Waals surface area contributed by atoms with Crippen LogP contribution in [0.5, 0.6) is 0 Å². The molecule has 0 saturated heterocycles. The van der Waals surface area contributed by atoms with E-state index >= 15 is 0 Å².